The van der Waals surface area contributed by atoms with Crippen molar-refractivity contribution in [1.29, 1.82) is 0 Å². The molecule has 6 heteroatoms. The summed E-state index contributed by atoms with van der Waals surface area (Å²) in [6.45, 7) is 1.90. The molecule has 2 aromatic rings. The highest BCUT2D eigenvalue weighted by Gasteiger charge is 2.11. The average molecular weight is 292 g/mol. The van der Waals surface area contributed by atoms with Crippen molar-refractivity contribution in [1.82, 2.24) is 9.97 Å². The molecule has 0 spiro atoms. The minimum atomic E-state index is -0.194. The van der Waals surface area contributed by atoms with Crippen molar-refractivity contribution < 1.29 is 9.53 Å². The highest BCUT2D eigenvalue weighted by Crippen LogP contribution is 2.28. The maximum Gasteiger partial charge on any atom is 0.231 e. The molecule has 0 aliphatic heterocycles. The van der Waals surface area contributed by atoms with E-state index in [-0.39, 0.29) is 18.3 Å². The number of hydrogen-bond acceptors (Lipinski definition) is 4. The molecule has 20 heavy (non-hydrogen) atoms. The molecule has 0 fully saturated rings. The third kappa shape index (κ3) is 3.45. The standard InChI is InChI=1S/C14H14ClN3O2/c1-9-6-12(20-2)11(15)7-10(9)8-13(19)18-14-16-4-3-5-17-14/h3-7H,8H2,1-2H3,(H,16,17,18,19). The zero-order valence-electron chi connectivity index (χ0n) is 11.2. The molecule has 0 aliphatic carbocycles. The normalized spacial score (nSPS) is 10.2. The molecule has 5 nitrogen and oxygen atoms in total. The van der Waals surface area contributed by atoms with E-state index < -0.39 is 0 Å². The zero-order chi connectivity index (χ0) is 14.5. The van der Waals surface area contributed by atoms with Gasteiger partial charge in [0.05, 0.1) is 18.6 Å². The number of hydrogen-bond donors (Lipinski definition) is 1. The minimum absolute atomic E-state index is 0.194. The molecular formula is C14H14ClN3O2. The van der Waals surface area contributed by atoms with E-state index >= 15 is 0 Å². The molecule has 104 valence electrons. The molecule has 1 heterocycles. The number of aryl methyl sites for hydroxylation is 1. The second-order valence-electron chi connectivity index (χ2n) is 4.21. The van der Waals surface area contributed by atoms with Crippen LogP contribution in [0.25, 0.3) is 0 Å². The molecule has 0 saturated carbocycles. The Morgan fingerprint density at radius 1 is 1.35 bits per heavy atom. The summed E-state index contributed by atoms with van der Waals surface area (Å²) in [5, 5.41) is 3.11. The number of amides is 1. The molecule has 0 bridgehead atoms. The maximum atomic E-state index is 11.9. The number of benzene rings is 1. The van der Waals surface area contributed by atoms with Gasteiger partial charge in [0.2, 0.25) is 11.9 Å². The van der Waals surface area contributed by atoms with Gasteiger partial charge >= 0.3 is 0 Å². The first-order valence-corrected chi connectivity index (χ1v) is 6.38. The van der Waals surface area contributed by atoms with Gasteiger partial charge in [-0.15, -0.1) is 0 Å². The lowest BCUT2D eigenvalue weighted by Gasteiger charge is -2.10. The predicted octanol–water partition coefficient (Wildman–Crippen LogP) is 2.63. The summed E-state index contributed by atoms with van der Waals surface area (Å²) in [6.07, 6.45) is 3.34. The summed E-state index contributed by atoms with van der Waals surface area (Å²) < 4.78 is 5.13. The van der Waals surface area contributed by atoms with Crippen LogP contribution in [0.15, 0.2) is 30.6 Å². The first kappa shape index (κ1) is 14.3. The molecule has 1 N–H and O–H groups in total. The zero-order valence-corrected chi connectivity index (χ0v) is 11.9. The molecule has 1 aromatic heterocycles. The van der Waals surface area contributed by atoms with E-state index in [2.05, 4.69) is 15.3 Å². The first-order chi connectivity index (χ1) is 9.60. The second-order valence-corrected chi connectivity index (χ2v) is 4.62. The number of nitrogens with one attached hydrogen (secondary N) is 1. The Morgan fingerprint density at radius 2 is 2.05 bits per heavy atom. The van der Waals surface area contributed by atoms with Crippen molar-refractivity contribution in [2.75, 3.05) is 12.4 Å². The Bertz CT molecular complexity index is 617. The molecule has 2 rings (SSSR count). The number of carbonyl (C=O) groups excluding carboxylic acids is 1. The van der Waals surface area contributed by atoms with E-state index in [0.717, 1.165) is 11.1 Å². The van der Waals surface area contributed by atoms with E-state index in [4.69, 9.17) is 16.3 Å². The van der Waals surface area contributed by atoms with Crippen LogP contribution in [0.2, 0.25) is 5.02 Å². The SMILES string of the molecule is COc1cc(C)c(CC(=O)Nc2ncccn2)cc1Cl. The number of methoxy groups -OCH3 is 1. The van der Waals surface area contributed by atoms with Crippen molar-refractivity contribution in [2.24, 2.45) is 0 Å². The lowest BCUT2D eigenvalue weighted by molar-refractivity contribution is -0.115. The lowest BCUT2D eigenvalue weighted by atomic mass is 10.1. The van der Waals surface area contributed by atoms with E-state index in [9.17, 15) is 4.79 Å². The molecule has 0 unspecified atom stereocenters. The van der Waals surface area contributed by atoms with Crippen LogP contribution in [0.1, 0.15) is 11.1 Å². The Labute approximate surface area is 122 Å². The van der Waals surface area contributed by atoms with E-state index in [1.807, 2.05) is 13.0 Å². The van der Waals surface area contributed by atoms with Gasteiger partial charge in [-0.1, -0.05) is 11.6 Å². The van der Waals surface area contributed by atoms with Crippen LogP contribution in [0.3, 0.4) is 0 Å². The minimum Gasteiger partial charge on any atom is -0.495 e. The fourth-order valence-electron chi connectivity index (χ4n) is 1.75. The number of ether oxygens (including phenoxy) is 1. The Balaban J connectivity index is 2.10. The van der Waals surface area contributed by atoms with Crippen LogP contribution in [-0.4, -0.2) is 23.0 Å². The molecule has 0 atom stereocenters. The Hall–Kier alpha value is -2.14. The smallest absolute Gasteiger partial charge is 0.231 e. The third-order valence-electron chi connectivity index (χ3n) is 2.78. The number of halogens is 1. The number of nitrogens with zero attached hydrogens (tertiary/aromatic N) is 2. The molecule has 0 radical (unpaired) electrons. The summed E-state index contributed by atoms with van der Waals surface area (Å²) in [7, 11) is 1.56. The van der Waals surface area contributed by atoms with E-state index in [0.29, 0.717) is 10.8 Å². The highest BCUT2D eigenvalue weighted by molar-refractivity contribution is 6.32. The van der Waals surface area contributed by atoms with Gasteiger partial charge in [-0.3, -0.25) is 10.1 Å². The molecular weight excluding hydrogens is 278 g/mol. The topological polar surface area (TPSA) is 64.1 Å². The quantitative estimate of drug-likeness (QED) is 0.940. The molecule has 1 aromatic carbocycles. The number of rotatable bonds is 4. The van der Waals surface area contributed by atoms with Crippen molar-refractivity contribution in [3.63, 3.8) is 0 Å². The summed E-state index contributed by atoms with van der Waals surface area (Å²) >= 11 is 6.06. The summed E-state index contributed by atoms with van der Waals surface area (Å²) in [5.74, 6) is 0.690. The Morgan fingerprint density at radius 3 is 2.70 bits per heavy atom. The van der Waals surface area contributed by atoms with Crippen LogP contribution in [-0.2, 0) is 11.2 Å². The van der Waals surface area contributed by atoms with Gasteiger partial charge in [0.15, 0.2) is 0 Å². The van der Waals surface area contributed by atoms with Crippen LogP contribution in [0.5, 0.6) is 5.75 Å². The van der Waals surface area contributed by atoms with Crippen molar-refractivity contribution in [3.05, 3.63) is 46.7 Å². The van der Waals surface area contributed by atoms with Gasteiger partial charge in [-0.05, 0) is 36.2 Å². The average Bonchev–Trinajstić information content (AvgIpc) is 2.43. The monoisotopic (exact) mass is 291 g/mol. The van der Waals surface area contributed by atoms with Gasteiger partial charge in [-0.25, -0.2) is 9.97 Å². The molecule has 1 amide bonds. The van der Waals surface area contributed by atoms with E-state index in [1.165, 1.54) is 0 Å². The summed E-state index contributed by atoms with van der Waals surface area (Å²) in [6, 6.07) is 5.23. The second kappa shape index (κ2) is 6.34. The summed E-state index contributed by atoms with van der Waals surface area (Å²) in [4.78, 5) is 19.8. The Kier molecular flexibility index (Phi) is 4.53. The van der Waals surface area contributed by atoms with E-state index in [1.54, 1.807) is 31.6 Å². The number of aromatic nitrogens is 2. The van der Waals surface area contributed by atoms with Crippen molar-refractivity contribution in [2.45, 2.75) is 13.3 Å². The van der Waals surface area contributed by atoms with Crippen molar-refractivity contribution >= 4 is 23.5 Å². The first-order valence-electron chi connectivity index (χ1n) is 6.00. The number of carbonyl (C=O) groups is 1. The predicted molar refractivity (Wildman–Crippen MR) is 77.1 cm³/mol. The van der Waals surface area contributed by atoms with Crippen LogP contribution in [0, 0.1) is 6.92 Å². The maximum absolute atomic E-state index is 11.9. The highest BCUT2D eigenvalue weighted by atomic mass is 35.5. The molecule has 0 saturated heterocycles. The van der Waals surface area contributed by atoms with Gasteiger partial charge in [0, 0.05) is 12.4 Å². The van der Waals surface area contributed by atoms with Crippen LogP contribution < -0.4 is 10.1 Å². The van der Waals surface area contributed by atoms with Crippen molar-refractivity contribution in [3.8, 4) is 5.75 Å². The van der Waals surface area contributed by atoms with Gasteiger partial charge in [0.1, 0.15) is 5.75 Å². The lowest BCUT2D eigenvalue weighted by Crippen LogP contribution is -2.16. The fourth-order valence-corrected chi connectivity index (χ4v) is 2.01. The van der Waals surface area contributed by atoms with Crippen LogP contribution >= 0.6 is 11.6 Å². The van der Waals surface area contributed by atoms with Crippen LogP contribution in [0.4, 0.5) is 5.95 Å². The number of anilines is 1. The van der Waals surface area contributed by atoms with Gasteiger partial charge in [-0.2, -0.15) is 0 Å². The fraction of sp³-hybridized carbons (Fsp3) is 0.214. The molecule has 0 aliphatic rings. The van der Waals surface area contributed by atoms with Gasteiger partial charge < -0.3 is 4.74 Å². The van der Waals surface area contributed by atoms with Gasteiger partial charge in [0.25, 0.3) is 0 Å². The third-order valence-corrected chi connectivity index (χ3v) is 3.07. The largest absolute Gasteiger partial charge is 0.495 e. The summed E-state index contributed by atoms with van der Waals surface area (Å²) in [5.41, 5.74) is 1.78.